The molecule has 0 spiro atoms. The van der Waals surface area contributed by atoms with Gasteiger partial charge in [-0.1, -0.05) is 12.1 Å². The summed E-state index contributed by atoms with van der Waals surface area (Å²) in [6.07, 6.45) is 0.501. The highest BCUT2D eigenvalue weighted by Crippen LogP contribution is 2.35. The normalized spacial score (nSPS) is 20.3. The van der Waals surface area contributed by atoms with Crippen molar-refractivity contribution in [2.24, 2.45) is 0 Å². The molecule has 3 nitrogen and oxygen atoms in total. The maximum Gasteiger partial charge on any atom is 0.228 e. The molecule has 0 bridgehead atoms. The van der Waals surface area contributed by atoms with Crippen LogP contribution < -0.4 is 9.64 Å². The molecule has 1 atom stereocenters. The van der Waals surface area contributed by atoms with Crippen LogP contribution in [0.25, 0.3) is 0 Å². The number of ether oxygens (including phenoxy) is 1. The Labute approximate surface area is 101 Å². The van der Waals surface area contributed by atoms with Gasteiger partial charge in [-0.05, 0) is 18.6 Å². The van der Waals surface area contributed by atoms with Crippen LogP contribution in [-0.4, -0.2) is 24.8 Å². The second-order valence-corrected chi connectivity index (χ2v) is 4.72. The fourth-order valence-corrected chi connectivity index (χ4v) is 2.37. The predicted molar refractivity (Wildman–Crippen MR) is 67.5 cm³/mol. The molecule has 2 rings (SSSR count). The molecule has 1 aliphatic heterocycles. The Morgan fingerprint density at radius 1 is 1.50 bits per heavy atom. The first kappa shape index (κ1) is 11.3. The van der Waals surface area contributed by atoms with Gasteiger partial charge in [-0.3, -0.25) is 4.79 Å². The van der Waals surface area contributed by atoms with Crippen molar-refractivity contribution in [2.75, 3.05) is 18.6 Å². The lowest BCUT2D eigenvalue weighted by molar-refractivity contribution is -0.117. The van der Waals surface area contributed by atoms with E-state index >= 15 is 0 Å². The maximum atomic E-state index is 11.8. The number of thiol groups is 1. The van der Waals surface area contributed by atoms with E-state index in [0.717, 1.165) is 17.0 Å². The Hall–Kier alpha value is -1.16. The minimum Gasteiger partial charge on any atom is -0.495 e. The molecule has 86 valence electrons. The van der Waals surface area contributed by atoms with Crippen molar-refractivity contribution in [2.45, 2.75) is 18.6 Å². The van der Waals surface area contributed by atoms with E-state index in [9.17, 15) is 4.79 Å². The zero-order chi connectivity index (χ0) is 11.7. The zero-order valence-electron chi connectivity index (χ0n) is 9.43. The molecular formula is C12H15NO2S. The average molecular weight is 237 g/mol. The monoisotopic (exact) mass is 237 g/mol. The zero-order valence-corrected chi connectivity index (χ0v) is 10.3. The molecule has 0 aliphatic carbocycles. The smallest absolute Gasteiger partial charge is 0.228 e. The Bertz CT molecular complexity index is 419. The minimum absolute atomic E-state index is 0.118. The number of nitrogens with zero attached hydrogens (tertiary/aromatic N) is 1. The van der Waals surface area contributed by atoms with E-state index in [1.165, 1.54) is 0 Å². The summed E-state index contributed by atoms with van der Waals surface area (Å²) in [6.45, 7) is 2.64. The molecule has 1 aromatic carbocycles. The highest BCUT2D eigenvalue weighted by atomic mass is 32.1. The van der Waals surface area contributed by atoms with Crippen molar-refractivity contribution in [1.82, 2.24) is 0 Å². The molecule has 1 saturated heterocycles. The molecule has 1 amide bonds. The summed E-state index contributed by atoms with van der Waals surface area (Å²) < 4.78 is 5.30. The Balaban J connectivity index is 2.43. The summed E-state index contributed by atoms with van der Waals surface area (Å²) >= 11 is 4.36. The molecule has 0 radical (unpaired) electrons. The number of aryl methyl sites for hydroxylation is 1. The third kappa shape index (κ3) is 1.89. The summed E-state index contributed by atoms with van der Waals surface area (Å²) in [6, 6.07) is 5.79. The topological polar surface area (TPSA) is 29.5 Å². The predicted octanol–water partition coefficient (Wildman–Crippen LogP) is 2.04. The lowest BCUT2D eigenvalue weighted by Crippen LogP contribution is -2.25. The highest BCUT2D eigenvalue weighted by Gasteiger charge is 2.30. The van der Waals surface area contributed by atoms with Gasteiger partial charge in [0.2, 0.25) is 5.91 Å². The van der Waals surface area contributed by atoms with Crippen molar-refractivity contribution in [1.29, 1.82) is 0 Å². The summed E-state index contributed by atoms with van der Waals surface area (Å²) in [5, 5.41) is 0.122. The van der Waals surface area contributed by atoms with E-state index in [0.29, 0.717) is 13.0 Å². The van der Waals surface area contributed by atoms with Gasteiger partial charge in [-0.15, -0.1) is 0 Å². The number of carbonyl (C=O) groups is 1. The Kier molecular flexibility index (Phi) is 3.10. The first-order valence-electron chi connectivity index (χ1n) is 5.25. The van der Waals surface area contributed by atoms with Gasteiger partial charge in [0.1, 0.15) is 5.75 Å². The molecule has 1 aromatic rings. The molecule has 0 saturated carbocycles. The van der Waals surface area contributed by atoms with Gasteiger partial charge in [0, 0.05) is 18.2 Å². The van der Waals surface area contributed by atoms with E-state index in [2.05, 4.69) is 12.6 Å². The van der Waals surface area contributed by atoms with Gasteiger partial charge in [0.25, 0.3) is 0 Å². The van der Waals surface area contributed by atoms with Gasteiger partial charge in [0.05, 0.1) is 12.8 Å². The minimum atomic E-state index is 0.118. The molecule has 1 aliphatic rings. The molecule has 4 heteroatoms. The molecule has 1 heterocycles. The first-order chi connectivity index (χ1) is 7.63. The molecule has 1 unspecified atom stereocenters. The molecule has 0 N–H and O–H groups in total. The number of amides is 1. The molecule has 1 fully saturated rings. The van der Waals surface area contributed by atoms with Crippen LogP contribution in [-0.2, 0) is 4.79 Å². The SMILES string of the molecule is COc1cccc(C)c1N1CC(S)CC1=O. The lowest BCUT2D eigenvalue weighted by Gasteiger charge is -2.21. The number of anilines is 1. The number of benzene rings is 1. The van der Waals surface area contributed by atoms with Gasteiger partial charge in [-0.25, -0.2) is 0 Å². The average Bonchev–Trinajstić information content (AvgIpc) is 2.57. The fourth-order valence-electron chi connectivity index (χ4n) is 2.05. The van der Waals surface area contributed by atoms with Gasteiger partial charge in [0.15, 0.2) is 0 Å². The Morgan fingerprint density at radius 2 is 2.25 bits per heavy atom. The molecular weight excluding hydrogens is 222 g/mol. The van der Waals surface area contributed by atoms with Crippen LogP contribution in [0.5, 0.6) is 5.75 Å². The van der Waals surface area contributed by atoms with Crippen LogP contribution in [0.15, 0.2) is 18.2 Å². The largest absolute Gasteiger partial charge is 0.495 e. The van der Waals surface area contributed by atoms with Crippen molar-refractivity contribution in [3.8, 4) is 5.75 Å². The number of para-hydroxylation sites is 1. The van der Waals surface area contributed by atoms with Crippen LogP contribution in [0.1, 0.15) is 12.0 Å². The second-order valence-electron chi connectivity index (χ2n) is 3.99. The third-order valence-corrected chi connectivity index (χ3v) is 3.14. The van der Waals surface area contributed by atoms with Crippen LogP contribution >= 0.6 is 12.6 Å². The van der Waals surface area contributed by atoms with E-state index in [1.54, 1.807) is 12.0 Å². The van der Waals surface area contributed by atoms with Crippen molar-refractivity contribution < 1.29 is 9.53 Å². The number of hydrogen-bond acceptors (Lipinski definition) is 3. The van der Waals surface area contributed by atoms with Crippen molar-refractivity contribution >= 4 is 24.2 Å². The summed E-state index contributed by atoms with van der Waals surface area (Å²) in [5.41, 5.74) is 1.93. The fraction of sp³-hybridized carbons (Fsp3) is 0.417. The van der Waals surface area contributed by atoms with Gasteiger partial charge < -0.3 is 9.64 Å². The number of carbonyl (C=O) groups excluding carboxylic acids is 1. The van der Waals surface area contributed by atoms with E-state index in [1.807, 2.05) is 25.1 Å². The number of hydrogen-bond donors (Lipinski definition) is 1. The standard InChI is InChI=1S/C12H15NO2S/c1-8-4-3-5-10(15-2)12(8)13-7-9(16)6-11(13)14/h3-5,9,16H,6-7H2,1-2H3. The number of rotatable bonds is 2. The second kappa shape index (κ2) is 4.37. The van der Waals surface area contributed by atoms with Crippen molar-refractivity contribution in [3.63, 3.8) is 0 Å². The van der Waals surface area contributed by atoms with E-state index in [4.69, 9.17) is 4.74 Å². The summed E-state index contributed by atoms with van der Waals surface area (Å²) in [5.74, 6) is 0.864. The highest BCUT2D eigenvalue weighted by molar-refractivity contribution is 7.81. The van der Waals surface area contributed by atoms with E-state index in [-0.39, 0.29) is 11.2 Å². The van der Waals surface area contributed by atoms with Crippen LogP contribution in [0.2, 0.25) is 0 Å². The maximum absolute atomic E-state index is 11.8. The molecule has 16 heavy (non-hydrogen) atoms. The van der Waals surface area contributed by atoms with Gasteiger partial charge in [-0.2, -0.15) is 12.6 Å². The van der Waals surface area contributed by atoms with Gasteiger partial charge >= 0.3 is 0 Å². The molecule has 0 aromatic heterocycles. The Morgan fingerprint density at radius 3 is 2.81 bits per heavy atom. The van der Waals surface area contributed by atoms with E-state index < -0.39 is 0 Å². The third-order valence-electron chi connectivity index (χ3n) is 2.80. The van der Waals surface area contributed by atoms with Crippen LogP contribution in [0, 0.1) is 6.92 Å². The summed E-state index contributed by atoms with van der Waals surface area (Å²) in [7, 11) is 1.62. The summed E-state index contributed by atoms with van der Waals surface area (Å²) in [4.78, 5) is 13.6. The van der Waals surface area contributed by atoms with Crippen molar-refractivity contribution in [3.05, 3.63) is 23.8 Å². The quantitative estimate of drug-likeness (QED) is 0.798. The van der Waals surface area contributed by atoms with Crippen LogP contribution in [0.3, 0.4) is 0 Å². The van der Waals surface area contributed by atoms with Crippen LogP contribution in [0.4, 0.5) is 5.69 Å². The lowest BCUT2D eigenvalue weighted by atomic mass is 10.1. The first-order valence-corrected chi connectivity index (χ1v) is 5.77. The number of methoxy groups -OCH3 is 1.